The summed E-state index contributed by atoms with van der Waals surface area (Å²) in [5.74, 6) is 0.807. The van der Waals surface area contributed by atoms with Crippen LogP contribution in [0.25, 0.3) is 0 Å². The smallest absolute Gasteiger partial charge is 0.108 e. The third-order valence-electron chi connectivity index (χ3n) is 2.13. The van der Waals surface area contributed by atoms with Crippen LogP contribution < -0.4 is 0 Å². The van der Waals surface area contributed by atoms with Crippen LogP contribution in [0.3, 0.4) is 0 Å². The first-order chi connectivity index (χ1) is 6.86. The van der Waals surface area contributed by atoms with E-state index in [-0.39, 0.29) is 0 Å². The molecule has 1 atom stereocenters. The molecule has 0 unspecified atom stereocenters. The van der Waals surface area contributed by atoms with Crippen molar-refractivity contribution in [3.8, 4) is 0 Å². The zero-order chi connectivity index (χ0) is 9.80. The number of nitrogens with one attached hydrogen (secondary N) is 1. The van der Waals surface area contributed by atoms with Crippen molar-refractivity contribution in [2.45, 2.75) is 12.5 Å². The molecule has 0 bridgehead atoms. The van der Waals surface area contributed by atoms with Gasteiger partial charge in [-0.05, 0) is 5.56 Å². The highest BCUT2D eigenvalue weighted by atomic mass is 16.3. The van der Waals surface area contributed by atoms with Gasteiger partial charge in [-0.25, -0.2) is 4.98 Å². The summed E-state index contributed by atoms with van der Waals surface area (Å²) in [5.41, 5.74) is 0.920. The zero-order valence-electron chi connectivity index (χ0n) is 7.72. The fourth-order valence-electron chi connectivity index (χ4n) is 1.39. The first-order valence-electron chi connectivity index (χ1n) is 4.57. The van der Waals surface area contributed by atoms with Gasteiger partial charge in [0.2, 0.25) is 0 Å². The summed E-state index contributed by atoms with van der Waals surface area (Å²) in [7, 11) is 0. The summed E-state index contributed by atoms with van der Waals surface area (Å²) in [4.78, 5) is 7.03. The van der Waals surface area contributed by atoms with Gasteiger partial charge in [-0.1, -0.05) is 30.3 Å². The van der Waals surface area contributed by atoms with Crippen molar-refractivity contribution in [2.75, 3.05) is 0 Å². The minimum absolute atomic E-state index is 0.484. The Kier molecular flexibility index (Phi) is 2.60. The first-order valence-corrected chi connectivity index (χ1v) is 4.57. The summed E-state index contributed by atoms with van der Waals surface area (Å²) >= 11 is 0. The average Bonchev–Trinajstić information content (AvgIpc) is 2.72. The molecule has 0 aliphatic rings. The molecular weight excluding hydrogens is 176 g/mol. The molecular formula is C11H12N2O. The van der Waals surface area contributed by atoms with Crippen LogP contribution in [0.5, 0.6) is 0 Å². The van der Waals surface area contributed by atoms with Crippen molar-refractivity contribution < 1.29 is 5.11 Å². The van der Waals surface area contributed by atoms with E-state index in [0.717, 1.165) is 11.4 Å². The molecule has 1 heterocycles. The quantitative estimate of drug-likeness (QED) is 0.770. The Morgan fingerprint density at radius 3 is 2.71 bits per heavy atom. The summed E-state index contributed by atoms with van der Waals surface area (Å²) in [6, 6.07) is 9.59. The van der Waals surface area contributed by atoms with Gasteiger partial charge in [0.25, 0.3) is 0 Å². The maximum absolute atomic E-state index is 9.83. The van der Waals surface area contributed by atoms with Crippen molar-refractivity contribution in [3.63, 3.8) is 0 Å². The summed E-state index contributed by atoms with van der Waals surface area (Å²) < 4.78 is 0. The lowest BCUT2D eigenvalue weighted by Crippen LogP contribution is -2.02. The predicted molar refractivity (Wildman–Crippen MR) is 53.7 cm³/mol. The highest BCUT2D eigenvalue weighted by Gasteiger charge is 2.08. The number of rotatable bonds is 3. The number of imidazole rings is 1. The van der Waals surface area contributed by atoms with Crippen LogP contribution in [0, 0.1) is 0 Å². The molecule has 0 aliphatic heterocycles. The number of aliphatic hydroxyl groups is 1. The van der Waals surface area contributed by atoms with E-state index in [0.29, 0.717) is 6.42 Å². The van der Waals surface area contributed by atoms with E-state index in [1.165, 1.54) is 0 Å². The second-order valence-corrected chi connectivity index (χ2v) is 3.17. The third kappa shape index (κ3) is 2.00. The molecule has 1 aromatic heterocycles. The number of benzene rings is 1. The SMILES string of the molecule is O[C@H](Cc1ncc[nH]1)c1ccccc1. The van der Waals surface area contributed by atoms with Crippen molar-refractivity contribution in [1.29, 1.82) is 0 Å². The average molecular weight is 188 g/mol. The number of aromatic nitrogens is 2. The summed E-state index contributed by atoms with van der Waals surface area (Å²) in [5, 5.41) is 9.83. The molecule has 0 saturated heterocycles. The Morgan fingerprint density at radius 1 is 1.29 bits per heavy atom. The molecule has 0 saturated carbocycles. The third-order valence-corrected chi connectivity index (χ3v) is 2.13. The topological polar surface area (TPSA) is 48.9 Å². The molecule has 0 amide bonds. The number of H-pyrrole nitrogens is 1. The molecule has 0 fully saturated rings. The highest BCUT2D eigenvalue weighted by Crippen LogP contribution is 2.15. The fraction of sp³-hybridized carbons (Fsp3) is 0.182. The lowest BCUT2D eigenvalue weighted by Gasteiger charge is -2.08. The van der Waals surface area contributed by atoms with Crippen LogP contribution in [0.4, 0.5) is 0 Å². The highest BCUT2D eigenvalue weighted by molar-refractivity contribution is 5.18. The largest absolute Gasteiger partial charge is 0.388 e. The number of hydrogen-bond donors (Lipinski definition) is 2. The van der Waals surface area contributed by atoms with Gasteiger partial charge in [-0.3, -0.25) is 0 Å². The van der Waals surface area contributed by atoms with Crippen LogP contribution >= 0.6 is 0 Å². The molecule has 72 valence electrons. The second kappa shape index (κ2) is 4.07. The van der Waals surface area contributed by atoms with E-state index in [1.54, 1.807) is 12.4 Å². The van der Waals surface area contributed by atoms with Gasteiger partial charge in [0, 0.05) is 18.8 Å². The van der Waals surface area contributed by atoms with Crippen LogP contribution in [0.2, 0.25) is 0 Å². The molecule has 2 N–H and O–H groups in total. The monoisotopic (exact) mass is 188 g/mol. The molecule has 0 spiro atoms. The summed E-state index contributed by atoms with van der Waals surface area (Å²) in [6.07, 6.45) is 3.49. The normalized spacial score (nSPS) is 12.6. The second-order valence-electron chi connectivity index (χ2n) is 3.17. The van der Waals surface area contributed by atoms with E-state index in [4.69, 9.17) is 0 Å². The number of hydrogen-bond acceptors (Lipinski definition) is 2. The number of aromatic amines is 1. The molecule has 3 heteroatoms. The molecule has 2 aromatic rings. The van der Waals surface area contributed by atoms with E-state index in [1.807, 2.05) is 30.3 Å². The zero-order valence-corrected chi connectivity index (χ0v) is 7.72. The Morgan fingerprint density at radius 2 is 2.07 bits per heavy atom. The van der Waals surface area contributed by atoms with Crippen molar-refractivity contribution in [3.05, 3.63) is 54.1 Å². The Labute approximate surface area is 82.4 Å². The van der Waals surface area contributed by atoms with Crippen LogP contribution in [-0.2, 0) is 6.42 Å². The van der Waals surface area contributed by atoms with Crippen molar-refractivity contribution >= 4 is 0 Å². The Hall–Kier alpha value is -1.61. The molecule has 3 nitrogen and oxygen atoms in total. The van der Waals surface area contributed by atoms with Gasteiger partial charge < -0.3 is 10.1 Å². The standard InChI is InChI=1S/C11H12N2O/c14-10(8-11-12-6-7-13-11)9-4-2-1-3-5-9/h1-7,10,14H,8H2,(H,12,13)/t10-/m1/s1. The van der Waals surface area contributed by atoms with Crippen LogP contribution in [0.1, 0.15) is 17.5 Å². The molecule has 0 aliphatic carbocycles. The Balaban J connectivity index is 2.07. The van der Waals surface area contributed by atoms with E-state index >= 15 is 0 Å². The van der Waals surface area contributed by atoms with Crippen molar-refractivity contribution in [2.24, 2.45) is 0 Å². The van der Waals surface area contributed by atoms with E-state index in [9.17, 15) is 5.11 Å². The van der Waals surface area contributed by atoms with Crippen molar-refractivity contribution in [1.82, 2.24) is 9.97 Å². The Bertz CT molecular complexity index is 369. The summed E-state index contributed by atoms with van der Waals surface area (Å²) in [6.45, 7) is 0. The van der Waals surface area contributed by atoms with Gasteiger partial charge in [-0.15, -0.1) is 0 Å². The molecule has 14 heavy (non-hydrogen) atoms. The van der Waals surface area contributed by atoms with Gasteiger partial charge in [0.05, 0.1) is 6.10 Å². The maximum Gasteiger partial charge on any atom is 0.108 e. The first kappa shape index (κ1) is 8.97. The van der Waals surface area contributed by atoms with Gasteiger partial charge in [0.15, 0.2) is 0 Å². The molecule has 1 aromatic carbocycles. The molecule has 0 radical (unpaired) electrons. The fourth-order valence-corrected chi connectivity index (χ4v) is 1.39. The van der Waals surface area contributed by atoms with Crippen LogP contribution in [0.15, 0.2) is 42.7 Å². The van der Waals surface area contributed by atoms with Crippen LogP contribution in [-0.4, -0.2) is 15.1 Å². The maximum atomic E-state index is 9.83. The number of nitrogens with zero attached hydrogens (tertiary/aromatic N) is 1. The van der Waals surface area contributed by atoms with Gasteiger partial charge in [0.1, 0.15) is 5.82 Å². The minimum atomic E-state index is -0.484. The van der Waals surface area contributed by atoms with Gasteiger partial charge in [-0.2, -0.15) is 0 Å². The van der Waals surface area contributed by atoms with Gasteiger partial charge >= 0.3 is 0 Å². The van der Waals surface area contributed by atoms with E-state index < -0.39 is 6.10 Å². The lowest BCUT2D eigenvalue weighted by atomic mass is 10.1. The number of aliphatic hydroxyl groups excluding tert-OH is 1. The minimum Gasteiger partial charge on any atom is -0.388 e. The molecule has 2 rings (SSSR count). The lowest BCUT2D eigenvalue weighted by molar-refractivity contribution is 0.176. The van der Waals surface area contributed by atoms with E-state index in [2.05, 4.69) is 9.97 Å². The predicted octanol–water partition coefficient (Wildman–Crippen LogP) is 1.69.